The first-order valence-electron chi connectivity index (χ1n) is 6.12. The van der Waals surface area contributed by atoms with E-state index >= 15 is 0 Å². The number of rotatable bonds is 2. The topological polar surface area (TPSA) is 70.5 Å². The van der Waals surface area contributed by atoms with Crippen molar-refractivity contribution in [2.75, 3.05) is 0 Å². The molecule has 1 aromatic heterocycles. The van der Waals surface area contributed by atoms with E-state index < -0.39 is 10.0 Å². The SMILES string of the molecule is Cc1ncc(S(=O)(=O)N2C3CCC2CC(O)C3)s1. The summed E-state index contributed by atoms with van der Waals surface area (Å²) in [4.78, 5) is 4.03. The van der Waals surface area contributed by atoms with Crippen molar-refractivity contribution in [1.29, 1.82) is 0 Å². The maximum absolute atomic E-state index is 12.6. The minimum atomic E-state index is -3.42. The van der Waals surface area contributed by atoms with Crippen molar-refractivity contribution in [1.82, 2.24) is 9.29 Å². The largest absolute Gasteiger partial charge is 0.393 e. The lowest BCUT2D eigenvalue weighted by molar-refractivity contribution is 0.0769. The number of aromatic nitrogens is 1. The molecule has 100 valence electrons. The third-order valence-corrected chi connectivity index (χ3v) is 7.13. The van der Waals surface area contributed by atoms with Gasteiger partial charge in [0.1, 0.15) is 0 Å². The molecular weight excluding hydrogens is 272 g/mol. The number of aliphatic hydroxyl groups is 1. The highest BCUT2D eigenvalue weighted by Gasteiger charge is 2.47. The molecule has 0 aliphatic carbocycles. The molecule has 0 radical (unpaired) electrons. The van der Waals surface area contributed by atoms with Gasteiger partial charge in [0.25, 0.3) is 10.0 Å². The summed E-state index contributed by atoms with van der Waals surface area (Å²) >= 11 is 1.22. The van der Waals surface area contributed by atoms with Crippen molar-refractivity contribution in [3.05, 3.63) is 11.2 Å². The van der Waals surface area contributed by atoms with E-state index in [0.29, 0.717) is 17.1 Å². The Morgan fingerprint density at radius 2 is 2.00 bits per heavy atom. The van der Waals surface area contributed by atoms with Crippen LogP contribution in [0.5, 0.6) is 0 Å². The standard InChI is InChI=1S/C11H16N2O3S2/c1-7-12-6-11(17-7)18(15,16)13-8-2-3-9(13)5-10(14)4-8/h6,8-10,14H,2-5H2,1H3. The molecule has 1 aromatic rings. The molecule has 0 amide bonds. The molecule has 3 rings (SSSR count). The first kappa shape index (κ1) is 12.5. The van der Waals surface area contributed by atoms with Gasteiger partial charge in [0, 0.05) is 12.1 Å². The highest BCUT2D eigenvalue weighted by Crippen LogP contribution is 2.40. The normalized spacial score (nSPS) is 32.9. The Morgan fingerprint density at radius 3 is 2.50 bits per heavy atom. The Morgan fingerprint density at radius 1 is 1.39 bits per heavy atom. The zero-order chi connectivity index (χ0) is 12.9. The summed E-state index contributed by atoms with van der Waals surface area (Å²) in [5.41, 5.74) is 0. The number of fused-ring (bicyclic) bond motifs is 2. The molecule has 3 heterocycles. The predicted octanol–water partition coefficient (Wildman–Crippen LogP) is 1.13. The van der Waals surface area contributed by atoms with Crippen molar-refractivity contribution in [3.8, 4) is 0 Å². The molecule has 7 heteroatoms. The van der Waals surface area contributed by atoms with Gasteiger partial charge in [-0.2, -0.15) is 4.31 Å². The van der Waals surface area contributed by atoms with Crippen molar-refractivity contribution in [2.45, 2.75) is 55.0 Å². The van der Waals surface area contributed by atoms with Crippen LogP contribution in [0.1, 0.15) is 30.7 Å². The molecule has 5 nitrogen and oxygen atoms in total. The van der Waals surface area contributed by atoms with Crippen LogP contribution in [-0.4, -0.2) is 41.0 Å². The molecule has 18 heavy (non-hydrogen) atoms. The fraction of sp³-hybridized carbons (Fsp3) is 0.727. The molecule has 2 fully saturated rings. The molecule has 0 saturated carbocycles. The summed E-state index contributed by atoms with van der Waals surface area (Å²) in [5.74, 6) is 0. The second kappa shape index (κ2) is 4.26. The monoisotopic (exact) mass is 288 g/mol. The van der Waals surface area contributed by atoms with Crippen LogP contribution in [0.15, 0.2) is 10.4 Å². The van der Waals surface area contributed by atoms with Gasteiger partial charge in [-0.3, -0.25) is 0 Å². The number of piperidine rings is 1. The molecule has 2 aliphatic rings. The van der Waals surface area contributed by atoms with Gasteiger partial charge in [-0.25, -0.2) is 13.4 Å². The maximum Gasteiger partial charge on any atom is 0.254 e. The van der Waals surface area contributed by atoms with E-state index in [0.717, 1.165) is 17.8 Å². The molecule has 0 spiro atoms. The molecule has 2 unspecified atom stereocenters. The van der Waals surface area contributed by atoms with Gasteiger partial charge in [0.05, 0.1) is 17.3 Å². The fourth-order valence-electron chi connectivity index (χ4n) is 3.06. The number of thiazole rings is 1. The van der Waals surface area contributed by atoms with Crippen LogP contribution in [0.3, 0.4) is 0 Å². The van der Waals surface area contributed by atoms with Crippen molar-refractivity contribution < 1.29 is 13.5 Å². The number of sulfonamides is 1. The lowest BCUT2D eigenvalue weighted by Crippen LogP contribution is -2.47. The molecule has 2 aliphatic heterocycles. The molecule has 1 N–H and O–H groups in total. The Labute approximate surface area is 111 Å². The van der Waals surface area contributed by atoms with Crippen LogP contribution in [0.4, 0.5) is 0 Å². The van der Waals surface area contributed by atoms with Crippen LogP contribution in [-0.2, 0) is 10.0 Å². The van der Waals surface area contributed by atoms with E-state index in [1.165, 1.54) is 17.5 Å². The fourth-order valence-corrected chi connectivity index (χ4v) is 6.17. The number of hydrogen-bond acceptors (Lipinski definition) is 5. The lowest BCUT2D eigenvalue weighted by atomic mass is 10.0. The third kappa shape index (κ3) is 1.89. The molecule has 2 atom stereocenters. The summed E-state index contributed by atoms with van der Waals surface area (Å²) in [6.07, 6.45) is 3.94. The highest BCUT2D eigenvalue weighted by atomic mass is 32.2. The van der Waals surface area contributed by atoms with E-state index in [1.807, 2.05) is 0 Å². The number of hydrogen-bond donors (Lipinski definition) is 1. The third-order valence-electron chi connectivity index (χ3n) is 3.77. The van der Waals surface area contributed by atoms with Crippen LogP contribution >= 0.6 is 11.3 Å². The zero-order valence-electron chi connectivity index (χ0n) is 10.1. The molecular formula is C11H16N2O3S2. The van der Waals surface area contributed by atoms with Gasteiger partial charge >= 0.3 is 0 Å². The summed E-state index contributed by atoms with van der Waals surface area (Å²) in [6, 6.07) is -0.0719. The van der Waals surface area contributed by atoms with Gasteiger partial charge in [-0.15, -0.1) is 11.3 Å². The smallest absolute Gasteiger partial charge is 0.254 e. The minimum Gasteiger partial charge on any atom is -0.393 e. The average Bonchev–Trinajstić information content (AvgIpc) is 2.83. The van der Waals surface area contributed by atoms with Crippen LogP contribution in [0.25, 0.3) is 0 Å². The van der Waals surface area contributed by atoms with E-state index in [-0.39, 0.29) is 18.2 Å². The van der Waals surface area contributed by atoms with Gasteiger partial charge in [0.15, 0.2) is 4.21 Å². The van der Waals surface area contributed by atoms with Crippen LogP contribution in [0.2, 0.25) is 0 Å². The quantitative estimate of drug-likeness (QED) is 0.885. The predicted molar refractivity (Wildman–Crippen MR) is 67.9 cm³/mol. The van der Waals surface area contributed by atoms with Crippen molar-refractivity contribution in [3.63, 3.8) is 0 Å². The maximum atomic E-state index is 12.6. The Balaban J connectivity index is 1.96. The van der Waals surface area contributed by atoms with Gasteiger partial charge < -0.3 is 5.11 Å². The van der Waals surface area contributed by atoms with Crippen LogP contribution in [0, 0.1) is 6.92 Å². The summed E-state index contributed by atoms with van der Waals surface area (Å²) in [6.45, 7) is 1.80. The molecule has 2 bridgehead atoms. The van der Waals surface area contributed by atoms with E-state index in [9.17, 15) is 13.5 Å². The second-order valence-electron chi connectivity index (χ2n) is 5.04. The zero-order valence-corrected chi connectivity index (χ0v) is 11.7. The number of aliphatic hydroxyl groups excluding tert-OH is 1. The summed E-state index contributed by atoms with van der Waals surface area (Å²) < 4.78 is 27.1. The Bertz CT molecular complexity index is 540. The number of nitrogens with zero attached hydrogens (tertiary/aromatic N) is 2. The minimum absolute atomic E-state index is 0.0360. The van der Waals surface area contributed by atoms with Gasteiger partial charge in [-0.05, 0) is 32.6 Å². The van der Waals surface area contributed by atoms with E-state index in [1.54, 1.807) is 11.2 Å². The lowest BCUT2D eigenvalue weighted by Gasteiger charge is -2.35. The van der Waals surface area contributed by atoms with E-state index in [2.05, 4.69) is 4.98 Å². The average molecular weight is 288 g/mol. The van der Waals surface area contributed by atoms with Crippen LogP contribution < -0.4 is 0 Å². The van der Waals surface area contributed by atoms with Crippen molar-refractivity contribution in [2.24, 2.45) is 0 Å². The molecule has 2 saturated heterocycles. The summed E-state index contributed by atoms with van der Waals surface area (Å²) in [7, 11) is -3.42. The van der Waals surface area contributed by atoms with Gasteiger partial charge in [0.2, 0.25) is 0 Å². The first-order chi connectivity index (χ1) is 8.48. The van der Waals surface area contributed by atoms with Crippen molar-refractivity contribution >= 4 is 21.4 Å². The first-order valence-corrected chi connectivity index (χ1v) is 8.38. The molecule has 0 aromatic carbocycles. The van der Waals surface area contributed by atoms with E-state index in [4.69, 9.17) is 0 Å². The number of aryl methyl sites for hydroxylation is 1. The summed E-state index contributed by atoms with van der Waals surface area (Å²) in [5, 5.41) is 10.5. The Hall–Kier alpha value is -0.500. The second-order valence-corrected chi connectivity index (χ2v) is 8.35. The van der Waals surface area contributed by atoms with Gasteiger partial charge in [-0.1, -0.05) is 0 Å². The Kier molecular flexibility index (Phi) is 2.97. The highest BCUT2D eigenvalue weighted by molar-refractivity contribution is 7.91.